The van der Waals surface area contributed by atoms with Gasteiger partial charge in [0.1, 0.15) is 17.9 Å². The van der Waals surface area contributed by atoms with Crippen molar-refractivity contribution >= 4 is 28.5 Å². The van der Waals surface area contributed by atoms with Gasteiger partial charge in [0.25, 0.3) is 0 Å². The maximum Gasteiger partial charge on any atom is 0.337 e. The molecule has 4 aromatic rings. The summed E-state index contributed by atoms with van der Waals surface area (Å²) in [5.74, 6) is 1.38. The zero-order valence-electron chi connectivity index (χ0n) is 18.5. The number of carbonyl (C=O) groups excluding carboxylic acids is 1. The summed E-state index contributed by atoms with van der Waals surface area (Å²) in [5.41, 5.74) is 3.12. The van der Waals surface area contributed by atoms with E-state index in [2.05, 4.69) is 30.9 Å². The summed E-state index contributed by atoms with van der Waals surface area (Å²) in [6.45, 7) is 3.36. The number of ether oxygens (including phenoxy) is 2. The molecule has 0 amide bonds. The predicted octanol–water partition coefficient (Wildman–Crippen LogP) is 2.94. The van der Waals surface area contributed by atoms with E-state index < -0.39 is 0 Å². The number of esters is 1. The Morgan fingerprint density at radius 2 is 1.64 bits per heavy atom. The number of benzene rings is 2. The molecule has 5 rings (SSSR count). The molecular weight excluding hydrogens is 420 g/mol. The first-order valence-corrected chi connectivity index (χ1v) is 10.7. The maximum atomic E-state index is 11.7. The van der Waals surface area contributed by atoms with Gasteiger partial charge in [-0.3, -0.25) is 0 Å². The number of piperazine rings is 1. The number of rotatable bonds is 5. The number of anilines is 2. The molecule has 0 saturated carbocycles. The van der Waals surface area contributed by atoms with Crippen molar-refractivity contribution in [1.29, 1.82) is 0 Å². The average Bonchev–Trinajstić information content (AvgIpc) is 3.33. The van der Waals surface area contributed by atoms with Crippen molar-refractivity contribution in [3.05, 3.63) is 66.6 Å². The molecule has 0 aliphatic carbocycles. The van der Waals surface area contributed by atoms with Crippen molar-refractivity contribution in [1.82, 2.24) is 19.7 Å². The Bertz CT molecular complexity index is 1280. The van der Waals surface area contributed by atoms with E-state index in [0.717, 1.165) is 60.2 Å². The number of hydrogen-bond donors (Lipinski definition) is 0. The van der Waals surface area contributed by atoms with Crippen LogP contribution in [-0.4, -0.2) is 66.1 Å². The van der Waals surface area contributed by atoms with Gasteiger partial charge in [-0.05, 0) is 36.4 Å². The predicted molar refractivity (Wildman–Crippen MR) is 125 cm³/mol. The third-order valence-corrected chi connectivity index (χ3v) is 5.88. The largest absolute Gasteiger partial charge is 0.495 e. The normalized spacial score (nSPS) is 13.9. The summed E-state index contributed by atoms with van der Waals surface area (Å²) < 4.78 is 12.1. The minimum atomic E-state index is -0.372. The van der Waals surface area contributed by atoms with Crippen molar-refractivity contribution in [2.75, 3.05) is 50.2 Å². The molecule has 9 nitrogen and oxygen atoms in total. The summed E-state index contributed by atoms with van der Waals surface area (Å²) in [7, 11) is 3.07. The molecule has 2 aromatic carbocycles. The van der Waals surface area contributed by atoms with Gasteiger partial charge in [0.15, 0.2) is 5.65 Å². The van der Waals surface area contributed by atoms with Crippen molar-refractivity contribution in [3.63, 3.8) is 0 Å². The smallest absolute Gasteiger partial charge is 0.337 e. The fourth-order valence-corrected chi connectivity index (χ4v) is 4.18. The average molecular weight is 444 g/mol. The quantitative estimate of drug-likeness (QED) is 0.435. The SMILES string of the molecule is COC(=O)c1ccc(-n2ncc3c(N4CCN(c5ccccc5OC)CC4)ncnc32)cc1. The first-order chi connectivity index (χ1) is 16.2. The van der Waals surface area contributed by atoms with E-state index in [4.69, 9.17) is 9.47 Å². The van der Waals surface area contributed by atoms with Crippen LogP contribution in [0.4, 0.5) is 11.5 Å². The third-order valence-electron chi connectivity index (χ3n) is 5.88. The standard InChI is InChI=1S/C24H24N6O3/c1-32-21-6-4-3-5-20(21)28-11-13-29(14-12-28)22-19-15-27-30(23(19)26-16-25-22)18-9-7-17(8-10-18)24(31)33-2/h3-10,15-16H,11-14H2,1-2H3. The Balaban J connectivity index is 1.38. The fraction of sp³-hybridized carbons (Fsp3) is 0.250. The first kappa shape index (κ1) is 20.7. The molecule has 1 saturated heterocycles. The van der Waals surface area contributed by atoms with Crippen molar-refractivity contribution < 1.29 is 14.3 Å². The Hall–Kier alpha value is -4.14. The van der Waals surface area contributed by atoms with Gasteiger partial charge >= 0.3 is 5.97 Å². The van der Waals surface area contributed by atoms with Crippen LogP contribution < -0.4 is 14.5 Å². The second kappa shape index (κ2) is 8.78. The molecule has 0 N–H and O–H groups in total. The fourth-order valence-electron chi connectivity index (χ4n) is 4.18. The third kappa shape index (κ3) is 3.82. The molecule has 1 fully saturated rings. The van der Waals surface area contributed by atoms with Gasteiger partial charge in [-0.1, -0.05) is 12.1 Å². The second-order valence-electron chi connectivity index (χ2n) is 7.68. The van der Waals surface area contributed by atoms with Crippen LogP contribution in [0.25, 0.3) is 16.7 Å². The zero-order valence-corrected chi connectivity index (χ0v) is 18.5. The lowest BCUT2D eigenvalue weighted by Crippen LogP contribution is -2.47. The minimum absolute atomic E-state index is 0.372. The topological polar surface area (TPSA) is 85.6 Å². The molecule has 9 heteroatoms. The molecule has 0 radical (unpaired) electrons. The van der Waals surface area contributed by atoms with E-state index in [1.54, 1.807) is 36.4 Å². The van der Waals surface area contributed by atoms with E-state index in [1.807, 2.05) is 30.3 Å². The number of nitrogens with zero attached hydrogens (tertiary/aromatic N) is 6. The van der Waals surface area contributed by atoms with Crippen LogP contribution >= 0.6 is 0 Å². The molecule has 2 aromatic heterocycles. The lowest BCUT2D eigenvalue weighted by atomic mass is 10.2. The minimum Gasteiger partial charge on any atom is -0.495 e. The monoisotopic (exact) mass is 444 g/mol. The molecule has 3 heterocycles. The van der Waals surface area contributed by atoms with Crippen LogP contribution in [0.2, 0.25) is 0 Å². The highest BCUT2D eigenvalue weighted by atomic mass is 16.5. The number of para-hydroxylation sites is 2. The molecule has 1 aliphatic rings. The highest BCUT2D eigenvalue weighted by Crippen LogP contribution is 2.30. The summed E-state index contributed by atoms with van der Waals surface area (Å²) in [5, 5.41) is 5.43. The van der Waals surface area contributed by atoms with Crippen LogP contribution in [0.15, 0.2) is 61.1 Å². The lowest BCUT2D eigenvalue weighted by Gasteiger charge is -2.37. The number of aromatic nitrogens is 4. The molecule has 0 bridgehead atoms. The van der Waals surface area contributed by atoms with Crippen LogP contribution in [-0.2, 0) is 4.74 Å². The first-order valence-electron chi connectivity index (χ1n) is 10.7. The highest BCUT2D eigenvalue weighted by molar-refractivity contribution is 5.90. The highest BCUT2D eigenvalue weighted by Gasteiger charge is 2.23. The van der Waals surface area contributed by atoms with Crippen LogP contribution in [0.1, 0.15) is 10.4 Å². The van der Waals surface area contributed by atoms with Gasteiger partial charge in [0, 0.05) is 26.2 Å². The van der Waals surface area contributed by atoms with Gasteiger partial charge in [-0.25, -0.2) is 19.4 Å². The van der Waals surface area contributed by atoms with Gasteiger partial charge in [-0.2, -0.15) is 5.10 Å². The van der Waals surface area contributed by atoms with Crippen molar-refractivity contribution in [2.24, 2.45) is 0 Å². The molecule has 0 spiro atoms. The number of methoxy groups -OCH3 is 2. The van der Waals surface area contributed by atoms with Gasteiger partial charge in [-0.15, -0.1) is 0 Å². The second-order valence-corrected chi connectivity index (χ2v) is 7.68. The van der Waals surface area contributed by atoms with Gasteiger partial charge in [0.2, 0.25) is 0 Å². The van der Waals surface area contributed by atoms with E-state index >= 15 is 0 Å². The Labute approximate surface area is 191 Å². The van der Waals surface area contributed by atoms with Crippen LogP contribution in [0, 0.1) is 0 Å². The van der Waals surface area contributed by atoms with Gasteiger partial charge in [0.05, 0.1) is 42.7 Å². The Morgan fingerprint density at radius 3 is 2.36 bits per heavy atom. The molecule has 33 heavy (non-hydrogen) atoms. The van der Waals surface area contributed by atoms with E-state index in [1.165, 1.54) is 7.11 Å². The Kier molecular flexibility index (Phi) is 5.52. The van der Waals surface area contributed by atoms with E-state index in [0.29, 0.717) is 5.56 Å². The number of hydrogen-bond acceptors (Lipinski definition) is 8. The van der Waals surface area contributed by atoms with E-state index in [9.17, 15) is 4.79 Å². The molecule has 168 valence electrons. The zero-order chi connectivity index (χ0) is 22.8. The molecule has 0 atom stereocenters. The summed E-state index contributed by atoms with van der Waals surface area (Å²) in [4.78, 5) is 25.4. The maximum absolute atomic E-state index is 11.7. The Morgan fingerprint density at radius 1 is 0.909 bits per heavy atom. The summed E-state index contributed by atoms with van der Waals surface area (Å²) in [6.07, 6.45) is 3.37. The number of fused-ring (bicyclic) bond motifs is 1. The van der Waals surface area contributed by atoms with Crippen LogP contribution in [0.5, 0.6) is 5.75 Å². The number of carbonyl (C=O) groups is 1. The lowest BCUT2D eigenvalue weighted by molar-refractivity contribution is 0.0600. The summed E-state index contributed by atoms with van der Waals surface area (Å²) >= 11 is 0. The summed E-state index contributed by atoms with van der Waals surface area (Å²) in [6, 6.07) is 15.2. The van der Waals surface area contributed by atoms with Crippen LogP contribution in [0.3, 0.4) is 0 Å². The van der Waals surface area contributed by atoms with E-state index in [-0.39, 0.29) is 5.97 Å². The molecule has 1 aliphatic heterocycles. The van der Waals surface area contributed by atoms with Crippen molar-refractivity contribution in [2.45, 2.75) is 0 Å². The molecular formula is C24H24N6O3. The molecule has 0 unspecified atom stereocenters. The van der Waals surface area contributed by atoms with Gasteiger partial charge < -0.3 is 19.3 Å². The van der Waals surface area contributed by atoms with Crippen molar-refractivity contribution in [3.8, 4) is 11.4 Å².